The molecule has 1 atom stereocenters. The van der Waals surface area contributed by atoms with Crippen molar-refractivity contribution in [1.29, 1.82) is 0 Å². The summed E-state index contributed by atoms with van der Waals surface area (Å²) >= 11 is 6.29. The van der Waals surface area contributed by atoms with Crippen molar-refractivity contribution in [2.24, 2.45) is 5.92 Å². The Morgan fingerprint density at radius 3 is 2.59 bits per heavy atom. The van der Waals surface area contributed by atoms with E-state index in [2.05, 4.69) is 41.4 Å². The number of carbonyl (C=O) groups excluding carboxylic acids is 1. The van der Waals surface area contributed by atoms with Crippen LogP contribution in [-0.2, 0) is 24.2 Å². The minimum Gasteiger partial charge on any atom is -0.349 e. The largest absolute Gasteiger partial charge is 0.349 e. The van der Waals surface area contributed by atoms with Crippen LogP contribution >= 0.6 is 11.6 Å². The third-order valence-corrected chi connectivity index (χ3v) is 6.91. The van der Waals surface area contributed by atoms with E-state index in [1.165, 1.54) is 42.4 Å². The SMILES string of the molecule is C[C@@H](NC(=O)C1CCN(Cc2ccccc2Cl)CC1)c1ccc2c(c1)CCCC2. The van der Waals surface area contributed by atoms with Gasteiger partial charge in [-0.1, -0.05) is 48.0 Å². The number of fused-ring (bicyclic) bond motifs is 1. The van der Waals surface area contributed by atoms with Gasteiger partial charge in [0.1, 0.15) is 0 Å². The highest BCUT2D eigenvalue weighted by atomic mass is 35.5. The third kappa shape index (κ3) is 5.02. The highest BCUT2D eigenvalue weighted by molar-refractivity contribution is 6.31. The Balaban J connectivity index is 1.29. The minimum absolute atomic E-state index is 0.0656. The van der Waals surface area contributed by atoms with Gasteiger partial charge in [-0.2, -0.15) is 0 Å². The third-order valence-electron chi connectivity index (χ3n) is 6.54. The van der Waals surface area contributed by atoms with Crippen molar-refractivity contribution in [3.05, 3.63) is 69.7 Å². The summed E-state index contributed by atoms with van der Waals surface area (Å²) < 4.78 is 0. The van der Waals surface area contributed by atoms with Crippen molar-refractivity contribution in [1.82, 2.24) is 10.2 Å². The summed E-state index contributed by atoms with van der Waals surface area (Å²) in [7, 11) is 0. The molecule has 1 saturated heterocycles. The molecule has 0 bridgehead atoms. The first-order valence-corrected chi connectivity index (χ1v) is 11.4. The maximum atomic E-state index is 12.8. The van der Waals surface area contributed by atoms with E-state index in [0.29, 0.717) is 0 Å². The van der Waals surface area contributed by atoms with E-state index in [0.717, 1.165) is 43.1 Å². The summed E-state index contributed by atoms with van der Waals surface area (Å²) in [6, 6.07) is 14.9. The van der Waals surface area contributed by atoms with Crippen LogP contribution in [0.25, 0.3) is 0 Å². The van der Waals surface area contributed by atoms with Gasteiger partial charge in [0.05, 0.1) is 6.04 Å². The van der Waals surface area contributed by atoms with Crippen LogP contribution in [0, 0.1) is 5.92 Å². The predicted octanol–water partition coefficient (Wildman–Crippen LogP) is 5.31. The van der Waals surface area contributed by atoms with Crippen molar-refractivity contribution < 1.29 is 4.79 Å². The Morgan fingerprint density at radius 2 is 1.83 bits per heavy atom. The Hall–Kier alpha value is -1.84. The number of likely N-dealkylation sites (tertiary alicyclic amines) is 1. The van der Waals surface area contributed by atoms with Crippen molar-refractivity contribution in [2.45, 2.75) is 58.0 Å². The molecule has 2 aromatic rings. The average molecular weight is 411 g/mol. The first-order chi connectivity index (χ1) is 14.1. The second kappa shape index (κ2) is 9.32. The molecule has 1 fully saturated rings. The van der Waals surface area contributed by atoms with Gasteiger partial charge in [-0.05, 0) is 86.9 Å². The number of nitrogens with one attached hydrogen (secondary N) is 1. The Bertz CT molecular complexity index is 858. The summed E-state index contributed by atoms with van der Waals surface area (Å²) in [5.41, 5.74) is 5.36. The van der Waals surface area contributed by atoms with Gasteiger partial charge in [-0.3, -0.25) is 9.69 Å². The summed E-state index contributed by atoms with van der Waals surface area (Å²) in [4.78, 5) is 15.2. The normalized spacial score (nSPS) is 18.8. The number of benzene rings is 2. The van der Waals surface area contributed by atoms with E-state index in [9.17, 15) is 4.79 Å². The standard InChI is InChI=1S/C25H31ClN2O/c1-18(21-11-10-19-6-2-3-7-22(19)16-21)27-25(29)20-12-14-28(15-13-20)17-23-8-4-5-9-24(23)26/h4-5,8-11,16,18,20H,2-3,6-7,12-15,17H2,1H3,(H,27,29)/t18-/m1/s1. The fourth-order valence-electron chi connectivity index (χ4n) is 4.66. The molecule has 1 aliphatic heterocycles. The lowest BCUT2D eigenvalue weighted by molar-refractivity contribution is -0.127. The Kier molecular flexibility index (Phi) is 6.56. The molecule has 2 aliphatic rings. The number of aryl methyl sites for hydroxylation is 2. The van der Waals surface area contributed by atoms with Gasteiger partial charge in [0.15, 0.2) is 0 Å². The van der Waals surface area contributed by atoms with Crippen LogP contribution in [0.3, 0.4) is 0 Å². The number of rotatable bonds is 5. The van der Waals surface area contributed by atoms with Crippen molar-refractivity contribution in [2.75, 3.05) is 13.1 Å². The summed E-state index contributed by atoms with van der Waals surface area (Å²) in [5, 5.41) is 4.09. The fourth-order valence-corrected chi connectivity index (χ4v) is 4.85. The van der Waals surface area contributed by atoms with Gasteiger partial charge < -0.3 is 5.32 Å². The molecular formula is C25H31ClN2O. The number of halogens is 1. The molecule has 0 radical (unpaired) electrons. The predicted molar refractivity (Wildman–Crippen MR) is 119 cm³/mol. The topological polar surface area (TPSA) is 32.3 Å². The van der Waals surface area contributed by atoms with E-state index in [-0.39, 0.29) is 17.9 Å². The van der Waals surface area contributed by atoms with Crippen LogP contribution in [0.1, 0.15) is 60.9 Å². The van der Waals surface area contributed by atoms with E-state index in [1.807, 2.05) is 18.2 Å². The lowest BCUT2D eigenvalue weighted by Gasteiger charge is -2.32. The quantitative estimate of drug-likeness (QED) is 0.724. The molecular weight excluding hydrogens is 380 g/mol. The average Bonchev–Trinajstić information content (AvgIpc) is 2.75. The van der Waals surface area contributed by atoms with E-state index < -0.39 is 0 Å². The van der Waals surface area contributed by atoms with Gasteiger partial charge in [-0.15, -0.1) is 0 Å². The zero-order chi connectivity index (χ0) is 20.2. The lowest BCUT2D eigenvalue weighted by atomic mass is 9.89. The van der Waals surface area contributed by atoms with Crippen molar-refractivity contribution >= 4 is 17.5 Å². The van der Waals surface area contributed by atoms with Crippen LogP contribution in [0.15, 0.2) is 42.5 Å². The van der Waals surface area contributed by atoms with Gasteiger partial charge in [-0.25, -0.2) is 0 Å². The molecule has 1 amide bonds. The number of hydrogen-bond donors (Lipinski definition) is 1. The van der Waals surface area contributed by atoms with Crippen LogP contribution in [0.2, 0.25) is 5.02 Å². The first kappa shape index (κ1) is 20.4. The number of carbonyl (C=O) groups is 1. The second-order valence-corrected chi connectivity index (χ2v) is 9.01. The maximum Gasteiger partial charge on any atom is 0.223 e. The number of nitrogens with zero attached hydrogens (tertiary/aromatic N) is 1. The summed E-state index contributed by atoms with van der Waals surface area (Å²) in [6.45, 7) is 4.85. The van der Waals surface area contributed by atoms with Crippen LogP contribution < -0.4 is 5.32 Å². The molecule has 1 heterocycles. The first-order valence-electron chi connectivity index (χ1n) is 11.0. The smallest absolute Gasteiger partial charge is 0.223 e. The van der Waals surface area contributed by atoms with Crippen molar-refractivity contribution in [3.8, 4) is 0 Å². The van der Waals surface area contributed by atoms with Gasteiger partial charge >= 0.3 is 0 Å². The fraction of sp³-hybridized carbons (Fsp3) is 0.480. The lowest BCUT2D eigenvalue weighted by Crippen LogP contribution is -2.41. The Morgan fingerprint density at radius 1 is 1.10 bits per heavy atom. The van der Waals surface area contributed by atoms with E-state index >= 15 is 0 Å². The van der Waals surface area contributed by atoms with Gasteiger partial charge in [0.25, 0.3) is 0 Å². The number of amides is 1. The van der Waals surface area contributed by atoms with Crippen LogP contribution in [0.4, 0.5) is 0 Å². The van der Waals surface area contributed by atoms with Gasteiger partial charge in [0, 0.05) is 17.5 Å². The molecule has 2 aromatic carbocycles. The zero-order valence-electron chi connectivity index (χ0n) is 17.3. The highest BCUT2D eigenvalue weighted by Gasteiger charge is 2.26. The molecule has 1 aliphatic carbocycles. The van der Waals surface area contributed by atoms with E-state index in [4.69, 9.17) is 11.6 Å². The second-order valence-electron chi connectivity index (χ2n) is 8.61. The van der Waals surface area contributed by atoms with Crippen molar-refractivity contribution in [3.63, 3.8) is 0 Å². The van der Waals surface area contributed by atoms with Gasteiger partial charge in [0.2, 0.25) is 5.91 Å². The van der Waals surface area contributed by atoms with E-state index in [1.54, 1.807) is 0 Å². The molecule has 1 N–H and O–H groups in total. The maximum absolute atomic E-state index is 12.8. The monoisotopic (exact) mass is 410 g/mol. The zero-order valence-corrected chi connectivity index (χ0v) is 18.0. The summed E-state index contributed by atoms with van der Waals surface area (Å²) in [6.07, 6.45) is 6.77. The molecule has 29 heavy (non-hydrogen) atoms. The van der Waals surface area contributed by atoms with Crippen LogP contribution in [0.5, 0.6) is 0 Å². The molecule has 4 rings (SSSR count). The molecule has 0 aromatic heterocycles. The molecule has 154 valence electrons. The molecule has 3 nitrogen and oxygen atoms in total. The minimum atomic E-state index is 0.0656. The number of hydrogen-bond acceptors (Lipinski definition) is 2. The number of piperidine rings is 1. The summed E-state index contributed by atoms with van der Waals surface area (Å²) in [5.74, 6) is 0.310. The highest BCUT2D eigenvalue weighted by Crippen LogP contribution is 2.26. The Labute approximate surface area is 179 Å². The molecule has 4 heteroatoms. The molecule has 0 unspecified atom stereocenters. The van der Waals surface area contributed by atoms with Crippen LogP contribution in [-0.4, -0.2) is 23.9 Å². The molecule has 0 saturated carbocycles. The molecule has 0 spiro atoms.